The standard InChI is InChI=1S/C20H25F3IN3O4S/c1-4-27(12-18(30-5-2)31-6-3)32(28,29)26-17-10-8-14(21)19(23)20(17)25-16-9-7-13(24)11-15(16)22/h7-11,18,25-26H,4-6,12H2,1-3H3. The van der Waals surface area contributed by atoms with Crippen LogP contribution in [0, 0.1) is 21.0 Å². The number of ether oxygens (including phenoxy) is 2. The Bertz CT molecular complexity index is 1020. The minimum absolute atomic E-state index is 0.0597. The van der Waals surface area contributed by atoms with Crippen molar-refractivity contribution in [2.75, 3.05) is 36.3 Å². The van der Waals surface area contributed by atoms with Gasteiger partial charge in [0.1, 0.15) is 11.5 Å². The number of hydrogen-bond donors (Lipinski definition) is 2. The van der Waals surface area contributed by atoms with Crippen LogP contribution >= 0.6 is 22.6 Å². The van der Waals surface area contributed by atoms with Gasteiger partial charge in [0.25, 0.3) is 0 Å². The topological polar surface area (TPSA) is 79.9 Å². The Hall–Kier alpha value is -1.61. The van der Waals surface area contributed by atoms with Gasteiger partial charge in [-0.05, 0) is 66.8 Å². The Balaban J connectivity index is 2.36. The summed E-state index contributed by atoms with van der Waals surface area (Å²) in [7, 11) is -4.22. The van der Waals surface area contributed by atoms with Crippen molar-refractivity contribution in [1.82, 2.24) is 4.31 Å². The molecule has 2 aromatic rings. The zero-order chi connectivity index (χ0) is 23.9. The fraction of sp³-hybridized carbons (Fsp3) is 0.400. The van der Waals surface area contributed by atoms with Crippen LogP contribution in [0.2, 0.25) is 0 Å². The lowest BCUT2D eigenvalue weighted by molar-refractivity contribution is -0.140. The molecule has 0 aliphatic rings. The third-order valence-corrected chi connectivity index (χ3v) is 6.51. The molecule has 0 saturated heterocycles. The number of rotatable bonds is 12. The molecule has 2 N–H and O–H groups in total. The summed E-state index contributed by atoms with van der Waals surface area (Å²) in [5.74, 6) is -3.28. The van der Waals surface area contributed by atoms with Crippen molar-refractivity contribution in [3.63, 3.8) is 0 Å². The lowest BCUT2D eigenvalue weighted by Gasteiger charge is -2.26. The van der Waals surface area contributed by atoms with Crippen molar-refractivity contribution < 1.29 is 31.1 Å². The van der Waals surface area contributed by atoms with Crippen molar-refractivity contribution in [2.45, 2.75) is 27.1 Å². The summed E-state index contributed by atoms with van der Waals surface area (Å²) in [5, 5.41) is 2.45. The van der Waals surface area contributed by atoms with Gasteiger partial charge in [0.15, 0.2) is 17.9 Å². The van der Waals surface area contributed by atoms with Crippen LogP contribution in [0.3, 0.4) is 0 Å². The van der Waals surface area contributed by atoms with E-state index in [4.69, 9.17) is 9.47 Å². The van der Waals surface area contributed by atoms with Gasteiger partial charge in [0, 0.05) is 23.3 Å². The van der Waals surface area contributed by atoms with Crippen LogP contribution in [0.5, 0.6) is 0 Å². The second-order valence-corrected chi connectivity index (χ2v) is 9.35. The van der Waals surface area contributed by atoms with Gasteiger partial charge >= 0.3 is 10.2 Å². The van der Waals surface area contributed by atoms with Crippen molar-refractivity contribution in [3.8, 4) is 0 Å². The van der Waals surface area contributed by atoms with E-state index in [1.165, 1.54) is 12.1 Å². The number of halogens is 4. The second kappa shape index (κ2) is 12.0. The highest BCUT2D eigenvalue weighted by Crippen LogP contribution is 2.32. The summed E-state index contributed by atoms with van der Waals surface area (Å²) in [6, 6.07) is 5.94. The molecule has 0 aliphatic carbocycles. The number of benzene rings is 2. The number of hydrogen-bond acceptors (Lipinski definition) is 5. The molecule has 0 radical (unpaired) electrons. The Kier molecular flexibility index (Phi) is 10.0. The summed E-state index contributed by atoms with van der Waals surface area (Å²) >= 11 is 1.90. The Labute approximate surface area is 199 Å². The third-order valence-electron chi connectivity index (χ3n) is 4.28. The van der Waals surface area contributed by atoms with Crippen molar-refractivity contribution in [2.24, 2.45) is 0 Å². The van der Waals surface area contributed by atoms with E-state index in [9.17, 15) is 21.6 Å². The van der Waals surface area contributed by atoms with Gasteiger partial charge in [-0.3, -0.25) is 4.72 Å². The first-order valence-corrected chi connectivity index (χ1v) is 12.4. The molecule has 0 heterocycles. The molecular formula is C20H25F3IN3O4S. The summed E-state index contributed by atoms with van der Waals surface area (Å²) in [6.45, 7) is 5.68. The lowest BCUT2D eigenvalue weighted by Crippen LogP contribution is -2.42. The van der Waals surface area contributed by atoms with Crippen LogP contribution in [0.1, 0.15) is 20.8 Å². The molecule has 0 bridgehead atoms. The van der Waals surface area contributed by atoms with Gasteiger partial charge in [-0.2, -0.15) is 12.7 Å². The summed E-state index contributed by atoms with van der Waals surface area (Å²) < 4.78 is 83.4. The average Bonchev–Trinajstić information content (AvgIpc) is 2.73. The minimum atomic E-state index is -4.22. The zero-order valence-corrected chi connectivity index (χ0v) is 20.8. The maximum Gasteiger partial charge on any atom is 0.301 e. The monoisotopic (exact) mass is 587 g/mol. The molecular weight excluding hydrogens is 562 g/mol. The van der Waals surface area contributed by atoms with E-state index in [1.54, 1.807) is 26.8 Å². The SMILES string of the molecule is CCOC(CN(CC)S(=O)(=O)Nc1ccc(F)c(F)c1Nc1ccc(I)cc1F)OCC. The van der Waals surface area contributed by atoms with Crippen LogP contribution in [-0.2, 0) is 19.7 Å². The summed E-state index contributed by atoms with van der Waals surface area (Å²) in [5.41, 5.74) is -0.976. The van der Waals surface area contributed by atoms with Gasteiger partial charge in [-0.1, -0.05) is 6.92 Å². The predicted molar refractivity (Wildman–Crippen MR) is 126 cm³/mol. The van der Waals surface area contributed by atoms with E-state index in [2.05, 4.69) is 10.0 Å². The molecule has 7 nitrogen and oxygen atoms in total. The molecule has 2 rings (SSSR count). The first-order valence-electron chi connectivity index (χ1n) is 9.84. The molecule has 0 aromatic heterocycles. The highest BCUT2D eigenvalue weighted by molar-refractivity contribution is 14.1. The molecule has 0 aliphatic heterocycles. The molecule has 2 aromatic carbocycles. The first-order chi connectivity index (χ1) is 15.1. The predicted octanol–water partition coefficient (Wildman–Crippen LogP) is 4.83. The molecule has 178 valence electrons. The number of anilines is 3. The van der Waals surface area contributed by atoms with Crippen LogP contribution in [0.15, 0.2) is 30.3 Å². The van der Waals surface area contributed by atoms with Gasteiger partial charge in [-0.25, -0.2) is 13.2 Å². The molecule has 0 unspecified atom stereocenters. The van der Waals surface area contributed by atoms with Gasteiger partial charge in [0.05, 0.1) is 17.9 Å². The number of likely N-dealkylation sites (N-methyl/N-ethyl adjacent to an activating group) is 1. The van der Waals surface area contributed by atoms with Crippen molar-refractivity contribution in [1.29, 1.82) is 0 Å². The van der Waals surface area contributed by atoms with E-state index in [-0.39, 0.29) is 24.5 Å². The molecule has 0 spiro atoms. The number of nitrogens with zero attached hydrogens (tertiary/aromatic N) is 1. The molecule has 0 atom stereocenters. The van der Waals surface area contributed by atoms with Gasteiger partial charge in [0.2, 0.25) is 0 Å². The number of nitrogens with one attached hydrogen (secondary N) is 2. The highest BCUT2D eigenvalue weighted by atomic mass is 127. The van der Waals surface area contributed by atoms with E-state index < -0.39 is 39.6 Å². The van der Waals surface area contributed by atoms with Gasteiger partial charge < -0.3 is 14.8 Å². The van der Waals surface area contributed by atoms with Crippen LogP contribution < -0.4 is 10.0 Å². The fourth-order valence-electron chi connectivity index (χ4n) is 2.78. The van der Waals surface area contributed by atoms with E-state index in [0.717, 1.165) is 16.4 Å². The Morgan fingerprint density at radius 1 is 1.00 bits per heavy atom. The normalized spacial score (nSPS) is 11.9. The summed E-state index contributed by atoms with van der Waals surface area (Å²) in [6.07, 6.45) is -0.801. The van der Waals surface area contributed by atoms with Crippen molar-refractivity contribution >= 4 is 49.9 Å². The maximum atomic E-state index is 14.6. The summed E-state index contributed by atoms with van der Waals surface area (Å²) in [4.78, 5) is 0. The van der Waals surface area contributed by atoms with Crippen molar-refractivity contribution in [3.05, 3.63) is 51.4 Å². The molecule has 0 fully saturated rings. The molecule has 0 saturated carbocycles. The third kappa shape index (κ3) is 6.94. The van der Waals surface area contributed by atoms with Crippen LogP contribution in [0.25, 0.3) is 0 Å². The maximum absolute atomic E-state index is 14.6. The zero-order valence-electron chi connectivity index (χ0n) is 17.8. The van der Waals surface area contributed by atoms with Gasteiger partial charge in [-0.15, -0.1) is 0 Å². The first kappa shape index (κ1) is 26.6. The largest absolute Gasteiger partial charge is 0.352 e. The second-order valence-electron chi connectivity index (χ2n) is 6.43. The molecule has 12 heteroatoms. The van der Waals surface area contributed by atoms with Crippen LogP contribution in [-0.4, -0.2) is 45.3 Å². The quantitative estimate of drug-likeness (QED) is 0.275. The average molecular weight is 587 g/mol. The minimum Gasteiger partial charge on any atom is -0.352 e. The molecule has 0 amide bonds. The Morgan fingerprint density at radius 3 is 2.19 bits per heavy atom. The lowest BCUT2D eigenvalue weighted by atomic mass is 10.2. The van der Waals surface area contributed by atoms with Crippen LogP contribution in [0.4, 0.5) is 30.2 Å². The molecule has 32 heavy (non-hydrogen) atoms. The van der Waals surface area contributed by atoms with E-state index in [0.29, 0.717) is 16.8 Å². The smallest absolute Gasteiger partial charge is 0.301 e. The van der Waals surface area contributed by atoms with E-state index >= 15 is 0 Å². The fourth-order valence-corrected chi connectivity index (χ4v) is 4.46. The van der Waals surface area contributed by atoms with E-state index in [1.807, 2.05) is 22.6 Å². The highest BCUT2D eigenvalue weighted by Gasteiger charge is 2.27. The Morgan fingerprint density at radius 2 is 1.62 bits per heavy atom.